The van der Waals surface area contributed by atoms with Gasteiger partial charge in [-0.3, -0.25) is 9.59 Å². The van der Waals surface area contributed by atoms with Crippen molar-refractivity contribution in [3.8, 4) is 11.5 Å². The summed E-state index contributed by atoms with van der Waals surface area (Å²) in [4.78, 5) is 23.9. The van der Waals surface area contributed by atoms with Gasteiger partial charge in [-0.25, -0.2) is 0 Å². The summed E-state index contributed by atoms with van der Waals surface area (Å²) in [7, 11) is 0. The Hall–Kier alpha value is -1.56. The standard InChI is InChI=1S/C41H62I2O6/c42-36-24-28-38(29-25-36)46-32-19-15-11-7-3-1-5-9-13-17-22-40(44)48-34-21-35-49-41(45)23-18-14-10-6-2-4-8-12-16-20-33-47-39-30-26-37(43)27-31-39/h24-31H,1-23,32-35H2. The average molecular weight is 905 g/mol. The first-order chi connectivity index (χ1) is 24.0. The van der Waals surface area contributed by atoms with Crippen LogP contribution < -0.4 is 9.47 Å². The zero-order chi connectivity index (χ0) is 35.0. The van der Waals surface area contributed by atoms with Crippen molar-refractivity contribution in [2.24, 2.45) is 0 Å². The smallest absolute Gasteiger partial charge is 0.305 e. The van der Waals surface area contributed by atoms with E-state index in [0.29, 0.717) is 32.5 Å². The molecular weight excluding hydrogens is 842 g/mol. The Labute approximate surface area is 324 Å². The predicted octanol–water partition coefficient (Wildman–Crippen LogP) is 12.4. The molecule has 49 heavy (non-hydrogen) atoms. The van der Waals surface area contributed by atoms with Gasteiger partial charge in [0.25, 0.3) is 0 Å². The van der Waals surface area contributed by atoms with Crippen LogP contribution in [0.5, 0.6) is 11.5 Å². The summed E-state index contributed by atoms with van der Waals surface area (Å²) in [6.07, 6.45) is 25.2. The van der Waals surface area contributed by atoms with Crippen LogP contribution in [-0.4, -0.2) is 38.4 Å². The summed E-state index contributed by atoms with van der Waals surface area (Å²) in [6.45, 7) is 2.24. The van der Waals surface area contributed by atoms with Gasteiger partial charge < -0.3 is 18.9 Å². The lowest BCUT2D eigenvalue weighted by atomic mass is 10.1. The minimum atomic E-state index is -0.138. The van der Waals surface area contributed by atoms with E-state index in [4.69, 9.17) is 18.9 Å². The van der Waals surface area contributed by atoms with Crippen molar-refractivity contribution in [2.75, 3.05) is 26.4 Å². The molecule has 0 aliphatic rings. The van der Waals surface area contributed by atoms with Crippen LogP contribution in [-0.2, 0) is 19.1 Å². The second-order valence-electron chi connectivity index (χ2n) is 13.0. The highest BCUT2D eigenvalue weighted by Gasteiger charge is 2.05. The number of carbonyl (C=O) groups is 2. The molecule has 0 spiro atoms. The molecular formula is C41H62I2O6. The normalized spacial score (nSPS) is 11.0. The molecule has 0 saturated heterocycles. The highest BCUT2D eigenvalue weighted by molar-refractivity contribution is 14.1. The number of esters is 2. The van der Waals surface area contributed by atoms with Crippen LogP contribution in [0.1, 0.15) is 148 Å². The van der Waals surface area contributed by atoms with Gasteiger partial charge in [-0.05, 0) is 119 Å². The summed E-state index contributed by atoms with van der Waals surface area (Å²) in [5.41, 5.74) is 0. The van der Waals surface area contributed by atoms with Gasteiger partial charge in [0, 0.05) is 26.4 Å². The largest absolute Gasteiger partial charge is 0.494 e. The Morgan fingerprint density at radius 1 is 0.367 bits per heavy atom. The molecule has 0 saturated carbocycles. The van der Waals surface area contributed by atoms with E-state index in [9.17, 15) is 9.59 Å². The molecule has 0 aliphatic carbocycles. The number of halogens is 2. The summed E-state index contributed by atoms with van der Waals surface area (Å²) in [5.74, 6) is 1.65. The topological polar surface area (TPSA) is 71.1 Å². The van der Waals surface area contributed by atoms with E-state index in [-0.39, 0.29) is 11.9 Å². The number of carbonyl (C=O) groups excluding carboxylic acids is 2. The minimum absolute atomic E-state index is 0.138. The molecule has 0 N–H and O–H groups in total. The van der Waals surface area contributed by atoms with Crippen LogP contribution in [0.4, 0.5) is 0 Å². The third-order valence-corrected chi connectivity index (χ3v) is 9.97. The van der Waals surface area contributed by atoms with Crippen LogP contribution in [0.2, 0.25) is 0 Å². The zero-order valence-corrected chi connectivity index (χ0v) is 34.2. The molecule has 6 nitrogen and oxygen atoms in total. The van der Waals surface area contributed by atoms with E-state index in [2.05, 4.69) is 69.4 Å². The monoisotopic (exact) mass is 904 g/mol. The Bertz CT molecular complexity index is 991. The molecule has 0 unspecified atom stereocenters. The molecule has 2 rings (SSSR count). The fraction of sp³-hybridized carbons (Fsp3) is 0.659. The molecule has 0 radical (unpaired) electrons. The second-order valence-corrected chi connectivity index (χ2v) is 15.5. The van der Waals surface area contributed by atoms with Crippen LogP contribution in [0.15, 0.2) is 48.5 Å². The Morgan fingerprint density at radius 2 is 0.653 bits per heavy atom. The van der Waals surface area contributed by atoms with E-state index in [1.54, 1.807) is 0 Å². The summed E-state index contributed by atoms with van der Waals surface area (Å²) in [6, 6.07) is 16.4. The molecule has 0 bridgehead atoms. The van der Waals surface area contributed by atoms with Gasteiger partial charge in [-0.2, -0.15) is 0 Å². The SMILES string of the molecule is O=C(CCCCCCCCCCCCOc1ccc(I)cc1)OCCCOC(=O)CCCCCCCCCCCCOc1ccc(I)cc1. The molecule has 8 heteroatoms. The lowest BCUT2D eigenvalue weighted by molar-refractivity contribution is -0.146. The van der Waals surface area contributed by atoms with E-state index in [1.165, 1.54) is 97.0 Å². The first kappa shape index (κ1) is 43.6. The van der Waals surface area contributed by atoms with E-state index >= 15 is 0 Å². The molecule has 0 amide bonds. The van der Waals surface area contributed by atoms with Crippen molar-refractivity contribution < 1.29 is 28.5 Å². The molecule has 276 valence electrons. The minimum Gasteiger partial charge on any atom is -0.494 e. The molecule has 0 aromatic heterocycles. The van der Waals surface area contributed by atoms with Crippen molar-refractivity contribution in [1.82, 2.24) is 0 Å². The van der Waals surface area contributed by atoms with Crippen LogP contribution in [0, 0.1) is 7.14 Å². The molecule has 0 aliphatic heterocycles. The number of benzene rings is 2. The number of hydrogen-bond acceptors (Lipinski definition) is 6. The summed E-state index contributed by atoms with van der Waals surface area (Å²) < 4.78 is 24.6. The highest BCUT2D eigenvalue weighted by atomic mass is 127. The Kier molecular flexibility index (Phi) is 27.8. The fourth-order valence-electron chi connectivity index (χ4n) is 5.59. The van der Waals surface area contributed by atoms with E-state index in [0.717, 1.165) is 63.2 Å². The van der Waals surface area contributed by atoms with Crippen molar-refractivity contribution in [1.29, 1.82) is 0 Å². The van der Waals surface area contributed by atoms with Gasteiger partial charge in [0.2, 0.25) is 0 Å². The van der Waals surface area contributed by atoms with Gasteiger partial charge in [0.1, 0.15) is 11.5 Å². The first-order valence-corrected chi connectivity index (χ1v) is 21.3. The van der Waals surface area contributed by atoms with Gasteiger partial charge in [-0.1, -0.05) is 103 Å². The quantitative estimate of drug-likeness (QED) is 0.0414. The average Bonchev–Trinajstić information content (AvgIpc) is 3.10. The zero-order valence-electron chi connectivity index (χ0n) is 29.9. The molecule has 2 aromatic rings. The fourth-order valence-corrected chi connectivity index (χ4v) is 6.31. The van der Waals surface area contributed by atoms with Crippen molar-refractivity contribution in [3.63, 3.8) is 0 Å². The maximum Gasteiger partial charge on any atom is 0.305 e. The number of ether oxygens (including phenoxy) is 4. The van der Waals surface area contributed by atoms with Crippen LogP contribution in [0.25, 0.3) is 0 Å². The summed E-state index contributed by atoms with van der Waals surface area (Å²) >= 11 is 4.61. The third kappa shape index (κ3) is 26.9. The van der Waals surface area contributed by atoms with E-state index in [1.807, 2.05) is 24.3 Å². The van der Waals surface area contributed by atoms with Crippen molar-refractivity contribution >= 4 is 57.1 Å². The first-order valence-electron chi connectivity index (χ1n) is 19.1. The van der Waals surface area contributed by atoms with Gasteiger partial charge in [0.05, 0.1) is 26.4 Å². The van der Waals surface area contributed by atoms with Gasteiger partial charge in [0.15, 0.2) is 0 Å². The number of hydrogen-bond donors (Lipinski definition) is 0. The highest BCUT2D eigenvalue weighted by Crippen LogP contribution is 2.17. The molecule has 0 heterocycles. The Morgan fingerprint density at radius 3 is 0.980 bits per heavy atom. The maximum atomic E-state index is 12.0. The van der Waals surface area contributed by atoms with Gasteiger partial charge >= 0.3 is 11.9 Å². The van der Waals surface area contributed by atoms with Crippen LogP contribution in [0.3, 0.4) is 0 Å². The number of unbranched alkanes of at least 4 members (excludes halogenated alkanes) is 18. The molecule has 0 fully saturated rings. The lowest BCUT2D eigenvalue weighted by Gasteiger charge is -2.07. The predicted molar refractivity (Wildman–Crippen MR) is 217 cm³/mol. The van der Waals surface area contributed by atoms with Gasteiger partial charge in [-0.15, -0.1) is 0 Å². The Balaban J connectivity index is 1.22. The van der Waals surface area contributed by atoms with E-state index < -0.39 is 0 Å². The second kappa shape index (κ2) is 31.2. The summed E-state index contributed by atoms with van der Waals surface area (Å²) in [5, 5.41) is 0. The molecule has 0 atom stereocenters. The van der Waals surface area contributed by atoms with Crippen LogP contribution >= 0.6 is 45.2 Å². The van der Waals surface area contributed by atoms with Crippen molar-refractivity contribution in [3.05, 3.63) is 55.7 Å². The molecule has 2 aromatic carbocycles. The maximum absolute atomic E-state index is 12.0. The van der Waals surface area contributed by atoms with Crippen molar-refractivity contribution in [2.45, 2.75) is 148 Å². The lowest BCUT2D eigenvalue weighted by Crippen LogP contribution is -2.10. The third-order valence-electron chi connectivity index (χ3n) is 8.53. The number of rotatable bonds is 32.